The van der Waals surface area contributed by atoms with Crippen molar-refractivity contribution in [3.05, 3.63) is 34.9 Å². The Kier molecular flexibility index (Phi) is 7.00. The molecule has 0 saturated heterocycles. The number of amides is 1. The predicted octanol–water partition coefficient (Wildman–Crippen LogP) is 4.34. The van der Waals surface area contributed by atoms with Crippen molar-refractivity contribution in [2.45, 2.75) is 52.7 Å². The summed E-state index contributed by atoms with van der Waals surface area (Å²) >= 11 is 0. The number of rotatable bonds is 5. The molecule has 0 saturated carbocycles. The van der Waals surface area contributed by atoms with Crippen molar-refractivity contribution >= 4 is 17.9 Å². The molecule has 166 valence electrons. The second-order valence-corrected chi connectivity index (χ2v) is 8.00. The van der Waals surface area contributed by atoms with Gasteiger partial charge in [-0.15, -0.1) is 0 Å². The molecular formula is C21H24F2N4O4. The van der Waals surface area contributed by atoms with Crippen LogP contribution in [0.1, 0.15) is 51.8 Å². The molecule has 31 heavy (non-hydrogen) atoms. The van der Waals surface area contributed by atoms with Crippen LogP contribution in [0.3, 0.4) is 0 Å². The lowest BCUT2D eigenvalue weighted by Gasteiger charge is -2.20. The fourth-order valence-corrected chi connectivity index (χ4v) is 2.76. The number of nitriles is 1. The van der Waals surface area contributed by atoms with Crippen molar-refractivity contribution in [3.63, 3.8) is 0 Å². The third-order valence-corrected chi connectivity index (χ3v) is 4.11. The summed E-state index contributed by atoms with van der Waals surface area (Å²) in [5.74, 6) is -3.24. The largest absolute Gasteiger partial charge is 0.469 e. The Morgan fingerprint density at radius 1 is 1.26 bits per heavy atom. The maximum Gasteiger partial charge on any atom is 0.413 e. The second-order valence-electron chi connectivity index (χ2n) is 8.00. The van der Waals surface area contributed by atoms with Gasteiger partial charge >= 0.3 is 12.1 Å². The van der Waals surface area contributed by atoms with Crippen molar-refractivity contribution in [2.24, 2.45) is 0 Å². The third kappa shape index (κ3) is 5.36. The summed E-state index contributed by atoms with van der Waals surface area (Å²) in [6, 6.07) is 4.02. The smallest absolute Gasteiger partial charge is 0.413 e. The van der Waals surface area contributed by atoms with Gasteiger partial charge in [0.1, 0.15) is 22.9 Å². The molecule has 2 rings (SSSR count). The van der Waals surface area contributed by atoms with Crippen molar-refractivity contribution in [1.29, 1.82) is 5.26 Å². The number of halogens is 2. The van der Waals surface area contributed by atoms with Gasteiger partial charge in [0, 0.05) is 17.2 Å². The summed E-state index contributed by atoms with van der Waals surface area (Å²) in [4.78, 5) is 23.7. The zero-order chi connectivity index (χ0) is 23.5. The lowest BCUT2D eigenvalue weighted by Crippen LogP contribution is -2.28. The van der Waals surface area contributed by atoms with E-state index in [9.17, 15) is 23.6 Å². The van der Waals surface area contributed by atoms with Crippen LogP contribution in [0.2, 0.25) is 0 Å². The number of hydrogen-bond donors (Lipinski definition) is 1. The van der Waals surface area contributed by atoms with Crippen molar-refractivity contribution < 1.29 is 27.8 Å². The zero-order valence-corrected chi connectivity index (χ0v) is 18.2. The van der Waals surface area contributed by atoms with Crippen molar-refractivity contribution in [3.8, 4) is 17.3 Å². The van der Waals surface area contributed by atoms with Crippen LogP contribution in [0.25, 0.3) is 11.3 Å². The van der Waals surface area contributed by atoms with Gasteiger partial charge in [-0.05, 0) is 40.7 Å². The molecule has 0 aliphatic carbocycles. The fourth-order valence-electron chi connectivity index (χ4n) is 2.76. The topological polar surface area (TPSA) is 106 Å². The molecule has 0 aliphatic heterocycles. The molecule has 1 aromatic heterocycles. The average Bonchev–Trinajstić information content (AvgIpc) is 3.02. The standard InChI is InChI=1S/C21H24F2N4O4/c1-11(2)27-19(25-20(29)31-21(3,4)5)14(10-24)18(26-27)13-8-7-12(9-15(28)30-6)16(22)17(13)23/h7-8,11H,9H2,1-6H3,(H,25,29). The molecule has 1 amide bonds. The van der Waals surface area contributed by atoms with Crippen LogP contribution >= 0.6 is 0 Å². The Morgan fingerprint density at radius 2 is 1.90 bits per heavy atom. The van der Waals surface area contributed by atoms with Gasteiger partial charge in [-0.3, -0.25) is 10.1 Å². The molecule has 10 heteroatoms. The number of nitrogens with zero attached hydrogens (tertiary/aromatic N) is 3. The van der Waals surface area contributed by atoms with E-state index in [0.717, 1.165) is 7.11 Å². The molecule has 1 N–H and O–H groups in total. The third-order valence-electron chi connectivity index (χ3n) is 4.11. The SMILES string of the molecule is COC(=O)Cc1ccc(-c2nn(C(C)C)c(NC(=O)OC(C)(C)C)c2C#N)c(F)c1F. The van der Waals surface area contributed by atoms with E-state index in [4.69, 9.17) is 4.74 Å². The van der Waals surface area contributed by atoms with Gasteiger partial charge in [0.15, 0.2) is 17.5 Å². The first-order valence-electron chi connectivity index (χ1n) is 9.46. The van der Waals surface area contributed by atoms with Crippen LogP contribution in [-0.2, 0) is 20.7 Å². The van der Waals surface area contributed by atoms with Gasteiger partial charge in [0.05, 0.1) is 13.5 Å². The summed E-state index contributed by atoms with van der Waals surface area (Å²) < 4.78 is 40.4. The normalized spacial score (nSPS) is 11.2. The highest BCUT2D eigenvalue weighted by atomic mass is 19.2. The number of aromatic nitrogens is 2. The summed E-state index contributed by atoms with van der Waals surface area (Å²) in [6.45, 7) is 8.52. The maximum absolute atomic E-state index is 14.8. The maximum atomic E-state index is 14.8. The van der Waals surface area contributed by atoms with E-state index in [2.05, 4.69) is 15.2 Å². The fraction of sp³-hybridized carbons (Fsp3) is 0.429. The van der Waals surface area contributed by atoms with E-state index in [1.54, 1.807) is 34.6 Å². The predicted molar refractivity (Wildman–Crippen MR) is 108 cm³/mol. The molecule has 8 nitrogen and oxygen atoms in total. The van der Waals surface area contributed by atoms with Gasteiger partial charge in [-0.25, -0.2) is 18.3 Å². The van der Waals surface area contributed by atoms with Crippen LogP contribution in [0.4, 0.5) is 19.4 Å². The molecule has 0 aliphatic rings. The minimum absolute atomic E-state index is 0.000181. The number of carbonyl (C=O) groups is 2. The number of carbonyl (C=O) groups excluding carboxylic acids is 2. The van der Waals surface area contributed by atoms with E-state index >= 15 is 0 Å². The lowest BCUT2D eigenvalue weighted by atomic mass is 10.0. The van der Waals surface area contributed by atoms with Gasteiger partial charge in [-0.1, -0.05) is 6.07 Å². The molecule has 0 bridgehead atoms. The molecule has 0 fully saturated rings. The van der Waals surface area contributed by atoms with Crippen LogP contribution in [0.5, 0.6) is 0 Å². The minimum Gasteiger partial charge on any atom is -0.469 e. The number of hydrogen-bond acceptors (Lipinski definition) is 6. The zero-order valence-electron chi connectivity index (χ0n) is 18.2. The first-order valence-corrected chi connectivity index (χ1v) is 9.46. The van der Waals surface area contributed by atoms with E-state index in [1.165, 1.54) is 16.8 Å². The van der Waals surface area contributed by atoms with Gasteiger partial charge in [0.2, 0.25) is 0 Å². The van der Waals surface area contributed by atoms with Crippen molar-refractivity contribution in [2.75, 3.05) is 12.4 Å². The number of benzene rings is 1. The molecule has 2 aromatic rings. The van der Waals surface area contributed by atoms with Gasteiger partial charge < -0.3 is 9.47 Å². The molecule has 1 heterocycles. The van der Waals surface area contributed by atoms with Gasteiger partial charge in [-0.2, -0.15) is 10.4 Å². The quantitative estimate of drug-likeness (QED) is 0.702. The van der Waals surface area contributed by atoms with Crippen LogP contribution in [-0.4, -0.2) is 34.6 Å². The summed E-state index contributed by atoms with van der Waals surface area (Å²) in [5.41, 5.74) is -1.56. The van der Waals surface area contributed by atoms with E-state index in [-0.39, 0.29) is 34.2 Å². The number of esters is 1. The first-order chi connectivity index (χ1) is 14.4. The molecule has 0 radical (unpaired) electrons. The average molecular weight is 434 g/mol. The number of nitrogens with one attached hydrogen (secondary N) is 1. The van der Waals surface area contributed by atoms with Crippen LogP contribution in [0.15, 0.2) is 12.1 Å². The molecule has 0 unspecified atom stereocenters. The highest BCUT2D eigenvalue weighted by molar-refractivity contribution is 5.88. The number of ether oxygens (including phenoxy) is 2. The van der Waals surface area contributed by atoms with E-state index < -0.39 is 35.7 Å². The summed E-state index contributed by atoms with van der Waals surface area (Å²) in [5, 5.41) is 16.4. The Balaban J connectivity index is 2.58. The van der Waals surface area contributed by atoms with Crippen molar-refractivity contribution in [1.82, 2.24) is 9.78 Å². The Hall–Kier alpha value is -3.48. The highest BCUT2D eigenvalue weighted by Crippen LogP contribution is 2.34. The monoisotopic (exact) mass is 434 g/mol. The van der Waals surface area contributed by atoms with Crippen LogP contribution in [0, 0.1) is 23.0 Å². The van der Waals surface area contributed by atoms with Crippen LogP contribution < -0.4 is 5.32 Å². The number of methoxy groups -OCH3 is 1. The second kappa shape index (κ2) is 9.12. The number of anilines is 1. The Bertz CT molecular complexity index is 1050. The van der Waals surface area contributed by atoms with E-state index in [0.29, 0.717) is 0 Å². The Morgan fingerprint density at radius 3 is 2.42 bits per heavy atom. The minimum atomic E-state index is -1.27. The van der Waals surface area contributed by atoms with E-state index in [1.807, 2.05) is 6.07 Å². The molecular weight excluding hydrogens is 410 g/mol. The summed E-state index contributed by atoms with van der Waals surface area (Å²) in [7, 11) is 1.14. The molecule has 1 aromatic carbocycles. The highest BCUT2D eigenvalue weighted by Gasteiger charge is 2.27. The summed E-state index contributed by atoms with van der Waals surface area (Å²) in [6.07, 6.45) is -1.27. The van der Waals surface area contributed by atoms with Gasteiger partial charge in [0.25, 0.3) is 0 Å². The lowest BCUT2D eigenvalue weighted by molar-refractivity contribution is -0.139. The first kappa shape index (κ1) is 23.8. The Labute approximate surface area is 178 Å². The molecule has 0 spiro atoms. The molecule has 0 atom stereocenters.